The van der Waals surface area contributed by atoms with E-state index in [-0.39, 0.29) is 0 Å². The van der Waals surface area contributed by atoms with Crippen molar-refractivity contribution in [2.75, 3.05) is 32.9 Å². The lowest BCUT2D eigenvalue weighted by atomic mass is 9.85. The molecule has 1 N–H and O–H groups in total. The number of nitrogens with zero attached hydrogens (tertiary/aromatic N) is 1. The third-order valence-electron chi connectivity index (χ3n) is 4.30. The van der Waals surface area contributed by atoms with E-state index in [0.29, 0.717) is 6.04 Å². The SMILES string of the molecule is CCCNCC1CCCN(C)C1c1ccc(SC)cc1. The number of nitrogens with one attached hydrogen (secondary N) is 1. The van der Waals surface area contributed by atoms with Gasteiger partial charge in [-0.25, -0.2) is 0 Å². The topological polar surface area (TPSA) is 15.3 Å². The van der Waals surface area contributed by atoms with Crippen LogP contribution in [0.25, 0.3) is 0 Å². The first-order valence-corrected chi connectivity index (χ1v) is 9.03. The monoisotopic (exact) mass is 292 g/mol. The fourth-order valence-corrected chi connectivity index (χ4v) is 3.67. The van der Waals surface area contributed by atoms with Gasteiger partial charge in [0.15, 0.2) is 0 Å². The van der Waals surface area contributed by atoms with E-state index in [2.05, 4.69) is 54.7 Å². The standard InChI is InChI=1S/C17H28N2S/c1-4-11-18-13-15-6-5-12-19(2)17(15)14-7-9-16(20-3)10-8-14/h7-10,15,17-18H,4-6,11-13H2,1-3H3. The number of rotatable bonds is 6. The van der Waals surface area contributed by atoms with Gasteiger partial charge in [0.2, 0.25) is 0 Å². The van der Waals surface area contributed by atoms with Crippen LogP contribution in [-0.2, 0) is 0 Å². The lowest BCUT2D eigenvalue weighted by Crippen LogP contribution is -2.40. The van der Waals surface area contributed by atoms with Gasteiger partial charge in [0.1, 0.15) is 0 Å². The molecular weight excluding hydrogens is 264 g/mol. The zero-order valence-corrected chi connectivity index (χ0v) is 13.9. The average Bonchev–Trinajstić information content (AvgIpc) is 2.48. The van der Waals surface area contributed by atoms with E-state index in [4.69, 9.17) is 0 Å². The average molecular weight is 292 g/mol. The normalized spacial score (nSPS) is 23.9. The molecule has 20 heavy (non-hydrogen) atoms. The molecule has 1 fully saturated rings. The number of piperidine rings is 1. The molecule has 1 aromatic rings. The van der Waals surface area contributed by atoms with Crippen LogP contribution in [0.4, 0.5) is 0 Å². The van der Waals surface area contributed by atoms with Crippen LogP contribution in [0.1, 0.15) is 37.8 Å². The molecule has 0 saturated carbocycles. The highest BCUT2D eigenvalue weighted by atomic mass is 32.2. The summed E-state index contributed by atoms with van der Waals surface area (Å²) in [7, 11) is 2.28. The molecule has 0 radical (unpaired) electrons. The largest absolute Gasteiger partial charge is 0.316 e. The van der Waals surface area contributed by atoms with Crippen LogP contribution in [0.3, 0.4) is 0 Å². The summed E-state index contributed by atoms with van der Waals surface area (Å²) in [5.74, 6) is 0.737. The summed E-state index contributed by atoms with van der Waals surface area (Å²) in [4.78, 5) is 3.89. The summed E-state index contributed by atoms with van der Waals surface area (Å²) in [5.41, 5.74) is 1.48. The van der Waals surface area contributed by atoms with E-state index in [1.54, 1.807) is 0 Å². The number of likely N-dealkylation sites (tertiary alicyclic amines) is 1. The molecular formula is C17H28N2S. The Morgan fingerprint density at radius 3 is 2.70 bits per heavy atom. The second kappa shape index (κ2) is 8.06. The number of hydrogen-bond acceptors (Lipinski definition) is 3. The lowest BCUT2D eigenvalue weighted by Gasteiger charge is -2.40. The Kier molecular flexibility index (Phi) is 6.40. The maximum absolute atomic E-state index is 3.62. The van der Waals surface area contributed by atoms with Crippen molar-refractivity contribution in [1.29, 1.82) is 0 Å². The molecule has 1 saturated heterocycles. The smallest absolute Gasteiger partial charge is 0.0385 e. The van der Waals surface area contributed by atoms with Gasteiger partial charge < -0.3 is 5.32 Å². The van der Waals surface area contributed by atoms with Crippen molar-refractivity contribution >= 4 is 11.8 Å². The highest BCUT2D eigenvalue weighted by Crippen LogP contribution is 2.35. The third kappa shape index (κ3) is 4.00. The van der Waals surface area contributed by atoms with Gasteiger partial charge in [-0.3, -0.25) is 4.90 Å². The van der Waals surface area contributed by atoms with Crippen LogP contribution < -0.4 is 5.32 Å². The van der Waals surface area contributed by atoms with Crippen LogP contribution in [0, 0.1) is 5.92 Å². The summed E-state index contributed by atoms with van der Waals surface area (Å²) in [6.07, 6.45) is 6.03. The van der Waals surface area contributed by atoms with Crippen LogP contribution >= 0.6 is 11.8 Å². The van der Waals surface area contributed by atoms with E-state index in [9.17, 15) is 0 Å². The third-order valence-corrected chi connectivity index (χ3v) is 5.04. The summed E-state index contributed by atoms with van der Waals surface area (Å²) in [6, 6.07) is 9.75. The van der Waals surface area contributed by atoms with E-state index in [1.165, 1.54) is 36.3 Å². The van der Waals surface area contributed by atoms with Crippen molar-refractivity contribution in [3.63, 3.8) is 0 Å². The fraction of sp³-hybridized carbons (Fsp3) is 0.647. The second-order valence-electron chi connectivity index (χ2n) is 5.81. The fourth-order valence-electron chi connectivity index (χ4n) is 3.27. The molecule has 1 aromatic carbocycles. The maximum atomic E-state index is 3.62. The van der Waals surface area contributed by atoms with Crippen molar-refractivity contribution in [2.45, 2.75) is 37.1 Å². The van der Waals surface area contributed by atoms with Gasteiger partial charge in [0, 0.05) is 10.9 Å². The van der Waals surface area contributed by atoms with Crippen molar-refractivity contribution < 1.29 is 0 Å². The Bertz CT molecular complexity index is 390. The first-order chi connectivity index (χ1) is 9.76. The van der Waals surface area contributed by atoms with Gasteiger partial charge in [-0.05, 0) is 75.8 Å². The highest BCUT2D eigenvalue weighted by molar-refractivity contribution is 7.98. The zero-order valence-electron chi connectivity index (χ0n) is 13.1. The van der Waals surface area contributed by atoms with Crippen molar-refractivity contribution in [3.05, 3.63) is 29.8 Å². The Labute approximate surface area is 128 Å². The van der Waals surface area contributed by atoms with E-state index >= 15 is 0 Å². The predicted octanol–water partition coefficient (Wildman–Crippen LogP) is 3.79. The van der Waals surface area contributed by atoms with Crippen molar-refractivity contribution in [3.8, 4) is 0 Å². The Morgan fingerprint density at radius 2 is 2.05 bits per heavy atom. The number of hydrogen-bond donors (Lipinski definition) is 1. The molecule has 0 aliphatic carbocycles. The quantitative estimate of drug-likeness (QED) is 0.634. The molecule has 2 rings (SSSR count). The Balaban J connectivity index is 2.09. The lowest BCUT2D eigenvalue weighted by molar-refractivity contribution is 0.119. The number of thioether (sulfide) groups is 1. The summed E-state index contributed by atoms with van der Waals surface area (Å²) < 4.78 is 0. The van der Waals surface area contributed by atoms with Gasteiger partial charge in [-0.2, -0.15) is 0 Å². The molecule has 2 atom stereocenters. The molecule has 0 amide bonds. The molecule has 112 valence electrons. The maximum Gasteiger partial charge on any atom is 0.0385 e. The first kappa shape index (κ1) is 15.9. The minimum absolute atomic E-state index is 0.573. The molecule has 2 unspecified atom stereocenters. The first-order valence-electron chi connectivity index (χ1n) is 7.81. The molecule has 0 spiro atoms. The minimum atomic E-state index is 0.573. The van der Waals surface area contributed by atoms with Gasteiger partial charge in [-0.15, -0.1) is 11.8 Å². The van der Waals surface area contributed by atoms with E-state index in [1.807, 2.05) is 11.8 Å². The van der Waals surface area contributed by atoms with Crippen LogP contribution in [0.5, 0.6) is 0 Å². The van der Waals surface area contributed by atoms with Crippen LogP contribution in [0.2, 0.25) is 0 Å². The minimum Gasteiger partial charge on any atom is -0.316 e. The molecule has 1 aliphatic heterocycles. The number of benzene rings is 1. The Hall–Kier alpha value is -0.510. The van der Waals surface area contributed by atoms with Crippen molar-refractivity contribution in [2.24, 2.45) is 5.92 Å². The molecule has 2 nitrogen and oxygen atoms in total. The highest BCUT2D eigenvalue weighted by Gasteiger charge is 2.29. The van der Waals surface area contributed by atoms with Gasteiger partial charge >= 0.3 is 0 Å². The second-order valence-corrected chi connectivity index (χ2v) is 6.68. The summed E-state index contributed by atoms with van der Waals surface area (Å²) in [5, 5.41) is 3.62. The Morgan fingerprint density at radius 1 is 1.30 bits per heavy atom. The molecule has 0 aromatic heterocycles. The van der Waals surface area contributed by atoms with Gasteiger partial charge in [0.05, 0.1) is 0 Å². The van der Waals surface area contributed by atoms with Crippen LogP contribution in [0.15, 0.2) is 29.2 Å². The predicted molar refractivity (Wildman–Crippen MR) is 89.5 cm³/mol. The molecule has 3 heteroatoms. The summed E-state index contributed by atoms with van der Waals surface area (Å²) >= 11 is 1.82. The van der Waals surface area contributed by atoms with Gasteiger partial charge in [0.25, 0.3) is 0 Å². The van der Waals surface area contributed by atoms with E-state index in [0.717, 1.165) is 19.0 Å². The van der Waals surface area contributed by atoms with E-state index < -0.39 is 0 Å². The van der Waals surface area contributed by atoms with Crippen LogP contribution in [-0.4, -0.2) is 37.8 Å². The summed E-state index contributed by atoms with van der Waals surface area (Å²) in [6.45, 7) is 5.74. The zero-order chi connectivity index (χ0) is 14.4. The molecule has 1 aliphatic rings. The van der Waals surface area contributed by atoms with Gasteiger partial charge in [-0.1, -0.05) is 19.1 Å². The van der Waals surface area contributed by atoms with Crippen molar-refractivity contribution in [1.82, 2.24) is 10.2 Å². The molecule has 0 bridgehead atoms. The molecule has 1 heterocycles.